The first-order valence-corrected chi connectivity index (χ1v) is 12.7. The number of aliphatic hydroxyl groups is 4. The molecule has 3 fully saturated rings. The van der Waals surface area contributed by atoms with Crippen molar-refractivity contribution in [1.29, 1.82) is 0 Å². The second kappa shape index (κ2) is 7.97. The van der Waals surface area contributed by atoms with Crippen molar-refractivity contribution in [3.8, 4) is 0 Å². The average molecular weight is 463 g/mol. The van der Waals surface area contributed by atoms with E-state index in [0.29, 0.717) is 19.3 Å². The summed E-state index contributed by atoms with van der Waals surface area (Å²) in [5, 5.41) is 43.3. The molecule has 33 heavy (non-hydrogen) atoms. The molecule has 0 aromatic heterocycles. The normalized spacial score (nSPS) is 45.1. The van der Waals surface area contributed by atoms with Gasteiger partial charge in [0.2, 0.25) is 0 Å². The van der Waals surface area contributed by atoms with Crippen LogP contribution in [0.5, 0.6) is 0 Å². The van der Waals surface area contributed by atoms with E-state index in [2.05, 4.69) is 6.92 Å². The highest BCUT2D eigenvalue weighted by Gasteiger charge is 2.67. The van der Waals surface area contributed by atoms with Crippen LogP contribution in [-0.2, 0) is 9.59 Å². The van der Waals surface area contributed by atoms with E-state index in [1.807, 2.05) is 13.8 Å². The zero-order chi connectivity index (χ0) is 24.6. The van der Waals surface area contributed by atoms with E-state index in [1.54, 1.807) is 19.9 Å². The molecule has 0 saturated heterocycles. The summed E-state index contributed by atoms with van der Waals surface area (Å²) in [6.45, 7) is 9.64. The van der Waals surface area contributed by atoms with Gasteiger partial charge in [-0.1, -0.05) is 20.8 Å². The lowest BCUT2D eigenvalue weighted by Gasteiger charge is -2.59. The van der Waals surface area contributed by atoms with Crippen LogP contribution in [0.15, 0.2) is 11.6 Å². The fourth-order valence-electron chi connectivity index (χ4n) is 8.11. The van der Waals surface area contributed by atoms with Gasteiger partial charge in [-0.3, -0.25) is 9.59 Å². The maximum absolute atomic E-state index is 13.2. The topological polar surface area (TPSA) is 115 Å². The van der Waals surface area contributed by atoms with Gasteiger partial charge in [0.25, 0.3) is 0 Å². The number of hydrogen-bond donors (Lipinski definition) is 4. The molecule has 4 aliphatic carbocycles. The zero-order valence-corrected chi connectivity index (χ0v) is 20.8. The van der Waals surface area contributed by atoms with Crippen LogP contribution in [-0.4, -0.2) is 55.4 Å². The fraction of sp³-hybridized carbons (Fsp3) is 0.852. The van der Waals surface area contributed by atoms with E-state index >= 15 is 0 Å². The Morgan fingerprint density at radius 2 is 1.82 bits per heavy atom. The molecule has 0 amide bonds. The molecule has 0 aliphatic heterocycles. The summed E-state index contributed by atoms with van der Waals surface area (Å²) < 4.78 is 0. The Kier molecular flexibility index (Phi) is 6.05. The molecular formula is C27H42O6. The molecule has 4 aliphatic rings. The van der Waals surface area contributed by atoms with Crippen molar-refractivity contribution in [2.75, 3.05) is 0 Å². The molecule has 4 N–H and O–H groups in total. The van der Waals surface area contributed by atoms with Gasteiger partial charge in [-0.15, -0.1) is 0 Å². The van der Waals surface area contributed by atoms with Gasteiger partial charge in [0.15, 0.2) is 11.6 Å². The third kappa shape index (κ3) is 3.76. The smallest absolute Gasteiger partial charge is 0.161 e. The van der Waals surface area contributed by atoms with E-state index in [-0.39, 0.29) is 48.1 Å². The van der Waals surface area contributed by atoms with Crippen LogP contribution in [0.3, 0.4) is 0 Å². The van der Waals surface area contributed by atoms with Crippen LogP contribution in [0.1, 0.15) is 86.0 Å². The molecule has 186 valence electrons. The van der Waals surface area contributed by atoms with E-state index in [9.17, 15) is 30.0 Å². The number of ketones is 2. The maximum Gasteiger partial charge on any atom is 0.161 e. The van der Waals surface area contributed by atoms with Gasteiger partial charge in [0.05, 0.1) is 17.3 Å². The molecular weight excluding hydrogens is 420 g/mol. The lowest BCUT2D eigenvalue weighted by Crippen LogP contribution is -2.60. The predicted octanol–water partition coefficient (Wildman–Crippen LogP) is 2.95. The quantitative estimate of drug-likeness (QED) is 0.499. The molecule has 0 aromatic rings. The molecule has 3 saturated carbocycles. The van der Waals surface area contributed by atoms with Crippen LogP contribution in [0.25, 0.3) is 0 Å². The van der Waals surface area contributed by atoms with Crippen LogP contribution >= 0.6 is 0 Å². The molecule has 0 heterocycles. The van der Waals surface area contributed by atoms with Crippen molar-refractivity contribution >= 4 is 11.6 Å². The van der Waals surface area contributed by atoms with Crippen LogP contribution < -0.4 is 0 Å². The Morgan fingerprint density at radius 3 is 2.45 bits per heavy atom. The second-order valence-corrected chi connectivity index (χ2v) is 12.7. The van der Waals surface area contributed by atoms with Gasteiger partial charge in [-0.05, 0) is 93.6 Å². The number of Topliss-reactive ketones (excluding diaryl/α,β-unsaturated/α-hetero) is 1. The number of fused-ring (bicyclic) bond motifs is 5. The zero-order valence-electron chi connectivity index (χ0n) is 20.8. The Balaban J connectivity index is 1.63. The van der Waals surface area contributed by atoms with Crippen LogP contribution in [0.4, 0.5) is 0 Å². The fourth-order valence-corrected chi connectivity index (χ4v) is 8.11. The predicted molar refractivity (Wildman–Crippen MR) is 124 cm³/mol. The van der Waals surface area contributed by atoms with Crippen molar-refractivity contribution in [3.63, 3.8) is 0 Å². The summed E-state index contributed by atoms with van der Waals surface area (Å²) in [6, 6.07) is 0. The summed E-state index contributed by atoms with van der Waals surface area (Å²) in [6.07, 6.45) is 4.25. The van der Waals surface area contributed by atoms with Gasteiger partial charge in [-0.25, -0.2) is 0 Å². The van der Waals surface area contributed by atoms with Crippen LogP contribution in [0.2, 0.25) is 0 Å². The lowest BCUT2D eigenvalue weighted by atomic mass is 9.46. The molecule has 0 bridgehead atoms. The molecule has 6 heteroatoms. The average Bonchev–Trinajstić information content (AvgIpc) is 2.99. The summed E-state index contributed by atoms with van der Waals surface area (Å²) in [4.78, 5) is 25.7. The summed E-state index contributed by atoms with van der Waals surface area (Å²) >= 11 is 0. The first-order chi connectivity index (χ1) is 15.1. The number of allylic oxidation sites excluding steroid dienone is 1. The van der Waals surface area contributed by atoms with E-state index in [0.717, 1.165) is 24.8 Å². The summed E-state index contributed by atoms with van der Waals surface area (Å²) in [5.74, 6) is -0.657. The molecule has 0 aromatic carbocycles. The van der Waals surface area contributed by atoms with Crippen molar-refractivity contribution in [3.05, 3.63) is 11.6 Å². The Morgan fingerprint density at radius 1 is 1.15 bits per heavy atom. The summed E-state index contributed by atoms with van der Waals surface area (Å²) in [7, 11) is 0. The van der Waals surface area contributed by atoms with Gasteiger partial charge < -0.3 is 20.4 Å². The van der Waals surface area contributed by atoms with Crippen molar-refractivity contribution in [2.45, 2.75) is 109 Å². The lowest BCUT2D eigenvalue weighted by molar-refractivity contribution is -0.153. The Hall–Kier alpha value is -1.08. The summed E-state index contributed by atoms with van der Waals surface area (Å²) in [5.41, 5.74) is -2.21. The van der Waals surface area contributed by atoms with Crippen molar-refractivity contribution in [1.82, 2.24) is 0 Å². The van der Waals surface area contributed by atoms with Gasteiger partial charge in [0.1, 0.15) is 6.10 Å². The third-order valence-corrected chi connectivity index (χ3v) is 10.3. The minimum Gasteiger partial charge on any atom is -0.393 e. The number of aliphatic hydroxyl groups excluding tert-OH is 2. The molecule has 6 nitrogen and oxygen atoms in total. The number of rotatable bonds is 5. The molecule has 0 radical (unpaired) electrons. The SMILES string of the molecule is C[C@H](C(O)CCC(C)(C)O)[C@H]1CCC2(O)C3=CC(=O)[C@@H]4C[C@@H](O)C(=O)C[C@]4(C)[C@H]3CC[C@]12C. The Bertz CT molecular complexity index is 857. The molecule has 2 unspecified atom stereocenters. The first kappa shape index (κ1) is 25.0. The highest BCUT2D eigenvalue weighted by molar-refractivity contribution is 5.97. The third-order valence-electron chi connectivity index (χ3n) is 10.3. The number of hydrogen-bond acceptors (Lipinski definition) is 6. The molecule has 0 spiro atoms. The van der Waals surface area contributed by atoms with E-state index in [4.69, 9.17) is 0 Å². The molecule has 4 rings (SSSR count). The largest absolute Gasteiger partial charge is 0.393 e. The standard InChI is InChI=1S/C27H42O6/c1-15(20(28)8-9-24(2,3)32)16-7-11-27(33)18-12-21(29)19-13-22(30)23(31)14-25(19,4)17(18)6-10-26(16,27)5/h12,15-17,19-20,22,28,30,32-33H,6-11,13-14H2,1-5H3/t15-,16+,17-,19-,20?,22+,25+,26+,27?/m0/s1. The number of carbonyl (C=O) groups is 2. The second-order valence-electron chi connectivity index (χ2n) is 12.7. The van der Waals surface area contributed by atoms with Crippen LogP contribution in [0, 0.1) is 34.5 Å². The monoisotopic (exact) mass is 462 g/mol. The molecule has 9 atom stereocenters. The Labute approximate surface area is 197 Å². The number of carbonyl (C=O) groups excluding carboxylic acids is 2. The van der Waals surface area contributed by atoms with Crippen molar-refractivity contribution in [2.24, 2.45) is 34.5 Å². The van der Waals surface area contributed by atoms with E-state index < -0.39 is 34.2 Å². The van der Waals surface area contributed by atoms with Crippen molar-refractivity contribution < 1.29 is 30.0 Å². The first-order valence-electron chi connectivity index (χ1n) is 12.7. The minimum atomic E-state index is -1.13. The highest BCUT2D eigenvalue weighted by atomic mass is 16.3. The minimum absolute atomic E-state index is 0.0439. The van der Waals surface area contributed by atoms with Gasteiger partial charge >= 0.3 is 0 Å². The van der Waals surface area contributed by atoms with Gasteiger partial charge in [0, 0.05) is 17.8 Å². The van der Waals surface area contributed by atoms with Gasteiger partial charge in [-0.2, -0.15) is 0 Å². The maximum atomic E-state index is 13.2. The highest BCUT2D eigenvalue weighted by Crippen LogP contribution is 2.68. The van der Waals surface area contributed by atoms with E-state index in [1.165, 1.54) is 0 Å².